The van der Waals surface area contributed by atoms with Crippen LogP contribution in [0.1, 0.15) is 24.8 Å². The molecule has 3 aliphatic rings. The lowest BCUT2D eigenvalue weighted by molar-refractivity contribution is -0.131. The van der Waals surface area contributed by atoms with Crippen molar-refractivity contribution in [1.29, 1.82) is 0 Å². The molecule has 2 heterocycles. The van der Waals surface area contributed by atoms with Crippen molar-refractivity contribution in [2.24, 2.45) is 11.8 Å². The van der Waals surface area contributed by atoms with E-state index in [1.807, 2.05) is 18.2 Å². The van der Waals surface area contributed by atoms with E-state index in [1.165, 1.54) is 5.56 Å². The van der Waals surface area contributed by atoms with Gasteiger partial charge in [0.25, 0.3) is 0 Å². The molecule has 1 amide bonds. The zero-order chi connectivity index (χ0) is 17.4. The first-order chi connectivity index (χ1) is 12.2. The minimum Gasteiger partial charge on any atom is -0.496 e. The van der Waals surface area contributed by atoms with Gasteiger partial charge >= 0.3 is 0 Å². The molecule has 4 atom stereocenters. The molecule has 1 saturated carbocycles. The van der Waals surface area contributed by atoms with Crippen LogP contribution in [-0.4, -0.2) is 68.3 Å². The predicted octanol–water partition coefficient (Wildman–Crippen LogP) is 1.98. The summed E-state index contributed by atoms with van der Waals surface area (Å²) in [6.07, 6.45) is 0.951. The van der Waals surface area contributed by atoms with Gasteiger partial charge in [0.1, 0.15) is 5.75 Å². The highest BCUT2D eigenvalue weighted by Crippen LogP contribution is 2.51. The van der Waals surface area contributed by atoms with Gasteiger partial charge in [-0.2, -0.15) is 0 Å². The van der Waals surface area contributed by atoms with E-state index in [2.05, 4.69) is 22.8 Å². The fourth-order valence-corrected chi connectivity index (χ4v) is 4.53. The van der Waals surface area contributed by atoms with Gasteiger partial charge in [-0.25, -0.2) is 0 Å². The number of para-hydroxylation sites is 1. The van der Waals surface area contributed by atoms with Crippen LogP contribution in [-0.2, 0) is 9.53 Å². The Morgan fingerprint density at radius 3 is 2.72 bits per heavy atom. The fourth-order valence-electron chi connectivity index (χ4n) is 4.53. The fraction of sp³-hybridized carbons (Fsp3) is 0.650. The Labute approximate surface area is 149 Å². The molecule has 0 radical (unpaired) electrons. The van der Waals surface area contributed by atoms with E-state index >= 15 is 0 Å². The van der Waals surface area contributed by atoms with Crippen LogP contribution in [0.3, 0.4) is 0 Å². The SMILES string of the molecule is COc1ccccc1[C@@H]1C[C@@H]1C(=O)N1C[C@@H](C)[C@@H](N2CCOCC2)C1. The zero-order valence-corrected chi connectivity index (χ0v) is 15.2. The van der Waals surface area contributed by atoms with Crippen molar-refractivity contribution in [3.8, 4) is 5.75 Å². The van der Waals surface area contributed by atoms with Crippen LogP contribution >= 0.6 is 0 Å². The summed E-state index contributed by atoms with van der Waals surface area (Å²) in [5.41, 5.74) is 1.18. The molecule has 2 saturated heterocycles. The monoisotopic (exact) mass is 344 g/mol. The first-order valence-electron chi connectivity index (χ1n) is 9.42. The molecule has 0 aromatic heterocycles. The van der Waals surface area contributed by atoms with Crippen LogP contribution in [0.25, 0.3) is 0 Å². The van der Waals surface area contributed by atoms with Gasteiger partial charge < -0.3 is 14.4 Å². The molecule has 1 aliphatic carbocycles. The second-order valence-corrected chi connectivity index (χ2v) is 7.63. The number of rotatable bonds is 4. The maximum absolute atomic E-state index is 13.0. The summed E-state index contributed by atoms with van der Waals surface area (Å²) in [7, 11) is 1.70. The molecular formula is C20H28N2O3. The summed E-state index contributed by atoms with van der Waals surface area (Å²) < 4.78 is 10.9. The predicted molar refractivity (Wildman–Crippen MR) is 95.8 cm³/mol. The topological polar surface area (TPSA) is 42.0 Å². The number of likely N-dealkylation sites (tertiary alicyclic amines) is 1. The van der Waals surface area contributed by atoms with Crippen molar-refractivity contribution in [2.45, 2.75) is 25.3 Å². The Hall–Kier alpha value is -1.59. The van der Waals surface area contributed by atoms with Crippen LogP contribution in [0.5, 0.6) is 5.75 Å². The molecule has 1 aromatic carbocycles. The van der Waals surface area contributed by atoms with Gasteiger partial charge in [-0.05, 0) is 29.9 Å². The Morgan fingerprint density at radius 2 is 1.96 bits per heavy atom. The third kappa shape index (κ3) is 3.27. The van der Waals surface area contributed by atoms with Crippen molar-refractivity contribution in [2.75, 3.05) is 46.5 Å². The summed E-state index contributed by atoms with van der Waals surface area (Å²) in [6, 6.07) is 8.58. The van der Waals surface area contributed by atoms with E-state index in [-0.39, 0.29) is 5.92 Å². The quantitative estimate of drug-likeness (QED) is 0.838. The molecule has 5 heteroatoms. The third-order valence-corrected chi connectivity index (χ3v) is 6.05. The Balaban J connectivity index is 1.39. The molecule has 0 unspecified atom stereocenters. The average molecular weight is 344 g/mol. The van der Waals surface area contributed by atoms with E-state index < -0.39 is 0 Å². The molecule has 0 spiro atoms. The molecule has 1 aromatic rings. The van der Waals surface area contributed by atoms with Gasteiger partial charge in [0.05, 0.1) is 20.3 Å². The van der Waals surface area contributed by atoms with Crippen LogP contribution in [0.2, 0.25) is 0 Å². The maximum Gasteiger partial charge on any atom is 0.226 e. The highest BCUT2D eigenvalue weighted by atomic mass is 16.5. The average Bonchev–Trinajstić information content (AvgIpc) is 3.36. The standard InChI is InChI=1S/C20H28N2O3/c1-14-12-22(13-18(14)21-7-9-25-10-8-21)20(23)17-11-16(17)15-5-3-4-6-19(15)24-2/h3-6,14,16-18H,7-13H2,1-2H3/t14-,16+,17+,18+/m1/s1. The van der Waals surface area contributed by atoms with Crippen molar-refractivity contribution >= 4 is 5.91 Å². The number of amides is 1. The Kier molecular flexibility index (Phi) is 4.69. The lowest BCUT2D eigenvalue weighted by atomic mass is 10.0. The lowest BCUT2D eigenvalue weighted by Crippen LogP contribution is -2.47. The van der Waals surface area contributed by atoms with Crippen molar-refractivity contribution in [3.63, 3.8) is 0 Å². The second kappa shape index (κ2) is 6.96. The number of nitrogens with zero attached hydrogens (tertiary/aromatic N) is 2. The Bertz CT molecular complexity index is 629. The van der Waals surface area contributed by atoms with Gasteiger partial charge in [0, 0.05) is 38.1 Å². The second-order valence-electron chi connectivity index (χ2n) is 7.63. The molecule has 5 nitrogen and oxygen atoms in total. The summed E-state index contributed by atoms with van der Waals surface area (Å²) in [5, 5.41) is 0. The maximum atomic E-state index is 13.0. The van der Waals surface area contributed by atoms with Gasteiger partial charge in [-0.1, -0.05) is 25.1 Å². The molecule has 2 aliphatic heterocycles. The van der Waals surface area contributed by atoms with Crippen LogP contribution in [0, 0.1) is 11.8 Å². The lowest BCUT2D eigenvalue weighted by Gasteiger charge is -2.34. The van der Waals surface area contributed by atoms with Gasteiger partial charge in [0.15, 0.2) is 0 Å². The third-order valence-electron chi connectivity index (χ3n) is 6.05. The van der Waals surface area contributed by atoms with E-state index in [1.54, 1.807) is 7.11 Å². The normalized spacial score (nSPS) is 32.6. The van der Waals surface area contributed by atoms with Gasteiger partial charge in [0.2, 0.25) is 5.91 Å². The minimum atomic E-state index is 0.131. The van der Waals surface area contributed by atoms with E-state index in [9.17, 15) is 4.79 Å². The van der Waals surface area contributed by atoms with Crippen LogP contribution in [0.4, 0.5) is 0 Å². The van der Waals surface area contributed by atoms with Crippen LogP contribution in [0.15, 0.2) is 24.3 Å². The minimum absolute atomic E-state index is 0.131. The molecule has 0 N–H and O–H groups in total. The van der Waals surface area contributed by atoms with Gasteiger partial charge in [-0.15, -0.1) is 0 Å². The van der Waals surface area contributed by atoms with E-state index in [4.69, 9.17) is 9.47 Å². The van der Waals surface area contributed by atoms with Crippen molar-refractivity contribution in [3.05, 3.63) is 29.8 Å². The molecule has 3 fully saturated rings. The summed E-state index contributed by atoms with van der Waals surface area (Å²) in [5.74, 6) is 2.22. The molecule has 4 rings (SSSR count). The number of methoxy groups -OCH3 is 1. The summed E-state index contributed by atoms with van der Waals surface area (Å²) in [4.78, 5) is 17.6. The van der Waals surface area contributed by atoms with Crippen LogP contribution < -0.4 is 4.74 Å². The number of hydrogen-bond acceptors (Lipinski definition) is 4. The van der Waals surface area contributed by atoms with E-state index in [0.29, 0.717) is 23.8 Å². The number of carbonyl (C=O) groups excluding carboxylic acids is 1. The zero-order valence-electron chi connectivity index (χ0n) is 15.2. The van der Waals surface area contributed by atoms with Crippen molar-refractivity contribution < 1.29 is 14.3 Å². The first-order valence-corrected chi connectivity index (χ1v) is 9.42. The van der Waals surface area contributed by atoms with Crippen molar-refractivity contribution in [1.82, 2.24) is 9.80 Å². The summed E-state index contributed by atoms with van der Waals surface area (Å²) >= 11 is 0. The number of carbonyl (C=O) groups is 1. The van der Waals surface area contributed by atoms with E-state index in [0.717, 1.165) is 51.6 Å². The Morgan fingerprint density at radius 1 is 1.20 bits per heavy atom. The number of ether oxygens (including phenoxy) is 2. The first kappa shape index (κ1) is 16.9. The highest BCUT2D eigenvalue weighted by molar-refractivity contribution is 5.83. The number of hydrogen-bond donors (Lipinski definition) is 0. The molecule has 0 bridgehead atoms. The number of benzene rings is 1. The highest BCUT2D eigenvalue weighted by Gasteiger charge is 2.49. The smallest absolute Gasteiger partial charge is 0.226 e. The molecule has 136 valence electrons. The molecule has 25 heavy (non-hydrogen) atoms. The number of morpholine rings is 1. The summed E-state index contributed by atoms with van der Waals surface area (Å²) in [6.45, 7) is 7.64. The van der Waals surface area contributed by atoms with Gasteiger partial charge in [-0.3, -0.25) is 9.69 Å². The molecular weight excluding hydrogens is 316 g/mol. The largest absolute Gasteiger partial charge is 0.496 e.